The molecule has 1 heterocycles. The zero-order chi connectivity index (χ0) is 11.3. The molecule has 0 bridgehead atoms. The number of carbonyl (C=O) groups excluding carboxylic acids is 1. The second-order valence-corrected chi connectivity index (χ2v) is 3.90. The molecule has 1 aromatic rings. The van der Waals surface area contributed by atoms with Crippen LogP contribution >= 0.6 is 0 Å². The smallest absolute Gasteiger partial charge is 0.135 e. The number of hydrogen-bond donors (Lipinski definition) is 1. The first kappa shape index (κ1) is 12.0. The summed E-state index contributed by atoms with van der Waals surface area (Å²) in [6.07, 6.45) is 3.22. The van der Waals surface area contributed by atoms with E-state index in [0.29, 0.717) is 19.3 Å². The van der Waals surface area contributed by atoms with Crippen LogP contribution in [0.3, 0.4) is 0 Å². The lowest BCUT2D eigenvalue weighted by atomic mass is 9.89. The van der Waals surface area contributed by atoms with E-state index in [-0.39, 0.29) is 12.2 Å². The number of furan rings is 1. The first-order valence-electron chi connectivity index (χ1n) is 5.36. The van der Waals surface area contributed by atoms with Crippen molar-refractivity contribution in [3.8, 4) is 0 Å². The molecule has 0 aliphatic carbocycles. The average Bonchev–Trinajstić information content (AvgIpc) is 2.70. The van der Waals surface area contributed by atoms with Crippen molar-refractivity contribution in [3.63, 3.8) is 0 Å². The zero-order valence-electron chi connectivity index (χ0n) is 9.32. The molecule has 15 heavy (non-hydrogen) atoms. The minimum Gasteiger partial charge on any atom is -0.469 e. The molecule has 3 nitrogen and oxygen atoms in total. The van der Waals surface area contributed by atoms with Gasteiger partial charge in [-0.25, -0.2) is 0 Å². The van der Waals surface area contributed by atoms with Crippen molar-refractivity contribution in [2.45, 2.75) is 45.1 Å². The summed E-state index contributed by atoms with van der Waals surface area (Å²) in [5.74, 6) is 0.814. The van der Waals surface area contributed by atoms with Crippen LogP contribution < -0.4 is 0 Å². The maximum absolute atomic E-state index is 11.3. The molecule has 1 atom stereocenters. The van der Waals surface area contributed by atoms with E-state index in [2.05, 4.69) is 0 Å². The number of Topliss-reactive ketones (excluding diaryl/α,β-unsaturated/α-hetero) is 1. The molecule has 0 aliphatic rings. The van der Waals surface area contributed by atoms with Gasteiger partial charge in [0, 0.05) is 19.3 Å². The number of carbonyl (C=O) groups is 1. The molecule has 84 valence electrons. The minimum atomic E-state index is -0.953. The highest BCUT2D eigenvalue weighted by atomic mass is 16.3. The summed E-state index contributed by atoms with van der Waals surface area (Å²) in [5.41, 5.74) is -0.953. The van der Waals surface area contributed by atoms with Gasteiger partial charge < -0.3 is 9.52 Å². The van der Waals surface area contributed by atoms with Crippen molar-refractivity contribution < 1.29 is 14.3 Å². The van der Waals surface area contributed by atoms with Crippen LogP contribution in [0.1, 0.15) is 38.9 Å². The van der Waals surface area contributed by atoms with Gasteiger partial charge in [-0.05, 0) is 18.6 Å². The third-order valence-corrected chi connectivity index (χ3v) is 2.66. The fraction of sp³-hybridized carbons (Fsp3) is 0.583. The molecular formula is C12H18O3. The quantitative estimate of drug-likeness (QED) is 0.784. The van der Waals surface area contributed by atoms with Crippen LogP contribution in [-0.2, 0) is 11.2 Å². The SMILES string of the molecule is CCC(=O)CC(O)(CC)Cc1ccco1. The second kappa shape index (κ2) is 5.12. The van der Waals surface area contributed by atoms with Gasteiger partial charge >= 0.3 is 0 Å². The van der Waals surface area contributed by atoms with E-state index >= 15 is 0 Å². The van der Waals surface area contributed by atoms with Gasteiger partial charge in [-0.1, -0.05) is 13.8 Å². The largest absolute Gasteiger partial charge is 0.469 e. The van der Waals surface area contributed by atoms with Gasteiger partial charge in [0.1, 0.15) is 11.5 Å². The Balaban J connectivity index is 2.64. The average molecular weight is 210 g/mol. The summed E-state index contributed by atoms with van der Waals surface area (Å²) in [5, 5.41) is 10.2. The van der Waals surface area contributed by atoms with Crippen molar-refractivity contribution >= 4 is 5.78 Å². The van der Waals surface area contributed by atoms with Crippen molar-refractivity contribution in [2.75, 3.05) is 0 Å². The molecular weight excluding hydrogens is 192 g/mol. The minimum absolute atomic E-state index is 0.0888. The van der Waals surface area contributed by atoms with Crippen molar-refractivity contribution in [2.24, 2.45) is 0 Å². The fourth-order valence-electron chi connectivity index (χ4n) is 1.54. The van der Waals surface area contributed by atoms with E-state index in [4.69, 9.17) is 4.42 Å². The molecule has 1 N–H and O–H groups in total. The maximum atomic E-state index is 11.3. The molecule has 1 unspecified atom stereocenters. The molecule has 0 fully saturated rings. The van der Waals surface area contributed by atoms with Crippen molar-refractivity contribution in [1.29, 1.82) is 0 Å². The Morgan fingerprint density at radius 1 is 1.53 bits per heavy atom. The normalized spacial score (nSPS) is 14.9. The highest BCUT2D eigenvalue weighted by Crippen LogP contribution is 2.22. The Morgan fingerprint density at radius 3 is 2.73 bits per heavy atom. The standard InChI is InChI=1S/C12H18O3/c1-3-10(13)8-12(14,4-2)9-11-6-5-7-15-11/h5-7,14H,3-4,8-9H2,1-2H3. The molecule has 0 saturated heterocycles. The molecule has 1 aromatic heterocycles. The Kier molecular flexibility index (Phi) is 4.09. The topological polar surface area (TPSA) is 50.4 Å². The summed E-state index contributed by atoms with van der Waals surface area (Å²) in [7, 11) is 0. The summed E-state index contributed by atoms with van der Waals surface area (Å²) >= 11 is 0. The van der Waals surface area contributed by atoms with Crippen LogP contribution in [0.4, 0.5) is 0 Å². The van der Waals surface area contributed by atoms with Gasteiger partial charge in [0.15, 0.2) is 0 Å². The molecule has 3 heteroatoms. The molecule has 0 saturated carbocycles. The lowest BCUT2D eigenvalue weighted by Gasteiger charge is -2.24. The Labute approximate surface area is 90.1 Å². The van der Waals surface area contributed by atoms with E-state index in [1.807, 2.05) is 19.9 Å². The fourth-order valence-corrected chi connectivity index (χ4v) is 1.54. The van der Waals surface area contributed by atoms with Gasteiger partial charge in [0.2, 0.25) is 0 Å². The van der Waals surface area contributed by atoms with E-state index in [0.717, 1.165) is 5.76 Å². The summed E-state index contributed by atoms with van der Waals surface area (Å²) in [6.45, 7) is 3.69. The second-order valence-electron chi connectivity index (χ2n) is 3.90. The first-order valence-corrected chi connectivity index (χ1v) is 5.36. The van der Waals surface area contributed by atoms with Crippen molar-refractivity contribution in [3.05, 3.63) is 24.2 Å². The lowest BCUT2D eigenvalue weighted by Crippen LogP contribution is -2.33. The van der Waals surface area contributed by atoms with Gasteiger partial charge in [-0.15, -0.1) is 0 Å². The summed E-state index contributed by atoms with van der Waals surface area (Å²) in [6, 6.07) is 3.60. The molecule has 0 aliphatic heterocycles. The molecule has 0 radical (unpaired) electrons. The van der Waals surface area contributed by atoms with Crippen LogP contribution in [-0.4, -0.2) is 16.5 Å². The van der Waals surface area contributed by atoms with Gasteiger partial charge in [0.05, 0.1) is 11.9 Å². The van der Waals surface area contributed by atoms with Crippen molar-refractivity contribution in [1.82, 2.24) is 0 Å². The van der Waals surface area contributed by atoms with Crippen LogP contribution in [0.2, 0.25) is 0 Å². The zero-order valence-corrected chi connectivity index (χ0v) is 9.32. The van der Waals surface area contributed by atoms with Crippen LogP contribution in [0, 0.1) is 0 Å². The molecule has 0 spiro atoms. The Bertz CT molecular complexity index is 303. The number of ketones is 1. The molecule has 0 amide bonds. The summed E-state index contributed by atoms with van der Waals surface area (Å²) in [4.78, 5) is 11.3. The number of hydrogen-bond acceptors (Lipinski definition) is 3. The monoisotopic (exact) mass is 210 g/mol. The molecule has 0 aromatic carbocycles. The van der Waals surface area contributed by atoms with E-state index < -0.39 is 5.60 Å². The third-order valence-electron chi connectivity index (χ3n) is 2.66. The molecule has 1 rings (SSSR count). The lowest BCUT2D eigenvalue weighted by molar-refractivity contribution is -0.123. The van der Waals surface area contributed by atoms with E-state index in [1.54, 1.807) is 12.3 Å². The van der Waals surface area contributed by atoms with E-state index in [1.165, 1.54) is 0 Å². The first-order chi connectivity index (χ1) is 7.09. The number of aliphatic hydroxyl groups is 1. The van der Waals surface area contributed by atoms with Crippen LogP contribution in [0.25, 0.3) is 0 Å². The van der Waals surface area contributed by atoms with Gasteiger partial charge in [-0.3, -0.25) is 4.79 Å². The predicted octanol–water partition coefficient (Wildman–Crippen LogP) is 2.33. The van der Waals surface area contributed by atoms with Gasteiger partial charge in [0.25, 0.3) is 0 Å². The Morgan fingerprint density at radius 2 is 2.27 bits per heavy atom. The van der Waals surface area contributed by atoms with Gasteiger partial charge in [-0.2, -0.15) is 0 Å². The maximum Gasteiger partial charge on any atom is 0.135 e. The summed E-state index contributed by atoms with van der Waals surface area (Å²) < 4.78 is 5.17. The third kappa shape index (κ3) is 3.51. The van der Waals surface area contributed by atoms with Crippen LogP contribution in [0.15, 0.2) is 22.8 Å². The van der Waals surface area contributed by atoms with E-state index in [9.17, 15) is 9.90 Å². The number of rotatable bonds is 6. The van der Waals surface area contributed by atoms with Crippen LogP contribution in [0.5, 0.6) is 0 Å². The highest BCUT2D eigenvalue weighted by Gasteiger charge is 2.28. The Hall–Kier alpha value is -1.09. The highest BCUT2D eigenvalue weighted by molar-refractivity contribution is 5.79. The predicted molar refractivity (Wildman–Crippen MR) is 57.6 cm³/mol.